The molecular formula is C9H10BrN5. The fourth-order valence-corrected chi connectivity index (χ4v) is 1.51. The molecule has 2 N–H and O–H groups in total. The van der Waals surface area contributed by atoms with Crippen molar-refractivity contribution < 1.29 is 0 Å². The summed E-state index contributed by atoms with van der Waals surface area (Å²) in [7, 11) is 0. The van der Waals surface area contributed by atoms with Gasteiger partial charge in [-0.05, 0) is 41.6 Å². The van der Waals surface area contributed by atoms with Gasteiger partial charge in [0.05, 0.1) is 11.7 Å². The summed E-state index contributed by atoms with van der Waals surface area (Å²) in [6.45, 7) is 1.85. The lowest BCUT2D eigenvalue weighted by molar-refractivity contribution is 0.688. The summed E-state index contributed by atoms with van der Waals surface area (Å²) in [6, 6.07) is 7.52. The first-order chi connectivity index (χ1) is 7.18. The first-order valence-corrected chi connectivity index (χ1v) is 5.27. The molecule has 0 aliphatic carbocycles. The molecule has 1 unspecified atom stereocenters. The molecule has 6 heteroatoms. The van der Waals surface area contributed by atoms with Gasteiger partial charge in [-0.1, -0.05) is 15.9 Å². The summed E-state index contributed by atoms with van der Waals surface area (Å²) in [4.78, 5) is 0. The number of halogens is 1. The van der Waals surface area contributed by atoms with Gasteiger partial charge in [-0.2, -0.15) is 4.68 Å². The zero-order chi connectivity index (χ0) is 10.8. The van der Waals surface area contributed by atoms with Crippen molar-refractivity contribution in [2.45, 2.75) is 13.0 Å². The van der Waals surface area contributed by atoms with Crippen molar-refractivity contribution in [3.8, 4) is 5.69 Å². The lowest BCUT2D eigenvalue weighted by Gasteiger charge is -2.06. The van der Waals surface area contributed by atoms with Crippen LogP contribution in [0.5, 0.6) is 0 Å². The summed E-state index contributed by atoms with van der Waals surface area (Å²) in [5.41, 5.74) is 6.65. The Kier molecular flexibility index (Phi) is 2.79. The third-order valence-corrected chi connectivity index (χ3v) is 2.50. The van der Waals surface area contributed by atoms with Crippen molar-refractivity contribution in [2.75, 3.05) is 0 Å². The minimum atomic E-state index is -0.191. The summed E-state index contributed by atoms with van der Waals surface area (Å²) in [5, 5.41) is 11.4. The Morgan fingerprint density at radius 1 is 1.33 bits per heavy atom. The van der Waals surface area contributed by atoms with Crippen LogP contribution in [-0.4, -0.2) is 20.2 Å². The summed E-state index contributed by atoms with van der Waals surface area (Å²) in [6.07, 6.45) is 0. The quantitative estimate of drug-likeness (QED) is 0.894. The minimum Gasteiger partial charge on any atom is -0.321 e. The SMILES string of the molecule is CC(N)c1nnnn1-c1ccc(Br)cc1. The van der Waals surface area contributed by atoms with Gasteiger partial charge in [-0.3, -0.25) is 0 Å². The number of nitrogens with zero attached hydrogens (tertiary/aromatic N) is 4. The molecule has 1 aromatic heterocycles. The average Bonchev–Trinajstić information content (AvgIpc) is 2.67. The molecule has 0 spiro atoms. The highest BCUT2D eigenvalue weighted by molar-refractivity contribution is 9.10. The van der Waals surface area contributed by atoms with Crippen molar-refractivity contribution in [3.63, 3.8) is 0 Å². The molecule has 5 nitrogen and oxygen atoms in total. The van der Waals surface area contributed by atoms with Crippen LogP contribution in [-0.2, 0) is 0 Å². The van der Waals surface area contributed by atoms with Gasteiger partial charge in [0.2, 0.25) is 0 Å². The Hall–Kier alpha value is -1.27. The van der Waals surface area contributed by atoms with E-state index < -0.39 is 0 Å². The van der Waals surface area contributed by atoms with E-state index >= 15 is 0 Å². The second-order valence-corrected chi connectivity index (χ2v) is 4.13. The number of nitrogens with two attached hydrogens (primary N) is 1. The van der Waals surface area contributed by atoms with E-state index in [2.05, 4.69) is 31.5 Å². The molecule has 2 rings (SSSR count). The van der Waals surface area contributed by atoms with Crippen molar-refractivity contribution in [3.05, 3.63) is 34.6 Å². The van der Waals surface area contributed by atoms with Crippen molar-refractivity contribution in [2.24, 2.45) is 5.73 Å². The van der Waals surface area contributed by atoms with Crippen molar-refractivity contribution in [1.82, 2.24) is 20.2 Å². The normalized spacial score (nSPS) is 12.7. The largest absolute Gasteiger partial charge is 0.321 e. The van der Waals surface area contributed by atoms with Crippen LogP contribution in [0, 0.1) is 0 Å². The molecule has 0 fully saturated rings. The van der Waals surface area contributed by atoms with Crippen LogP contribution in [0.2, 0.25) is 0 Å². The minimum absolute atomic E-state index is 0.191. The molecule has 0 amide bonds. The van der Waals surface area contributed by atoms with Crippen LogP contribution in [0.3, 0.4) is 0 Å². The predicted octanol–water partition coefficient (Wildman–Crippen LogP) is 1.44. The highest BCUT2D eigenvalue weighted by Crippen LogP contribution is 2.15. The van der Waals surface area contributed by atoms with Crippen LogP contribution >= 0.6 is 15.9 Å². The van der Waals surface area contributed by atoms with Gasteiger partial charge < -0.3 is 5.73 Å². The van der Waals surface area contributed by atoms with Crippen LogP contribution in [0.15, 0.2) is 28.7 Å². The highest BCUT2D eigenvalue weighted by atomic mass is 79.9. The summed E-state index contributed by atoms with van der Waals surface area (Å²) < 4.78 is 2.65. The van der Waals surface area contributed by atoms with Crippen LogP contribution in [0.4, 0.5) is 0 Å². The van der Waals surface area contributed by atoms with E-state index in [4.69, 9.17) is 5.73 Å². The number of hydrogen-bond acceptors (Lipinski definition) is 4. The van der Waals surface area contributed by atoms with E-state index in [0.717, 1.165) is 10.2 Å². The lowest BCUT2D eigenvalue weighted by atomic mass is 10.3. The standard InChI is InChI=1S/C9H10BrN5/c1-6(11)9-12-13-14-15(9)8-4-2-7(10)3-5-8/h2-6H,11H2,1H3. The maximum atomic E-state index is 5.75. The first kappa shape index (κ1) is 10.3. The number of hydrogen-bond donors (Lipinski definition) is 1. The predicted molar refractivity (Wildman–Crippen MR) is 59.5 cm³/mol. The van der Waals surface area contributed by atoms with Gasteiger partial charge in [0.15, 0.2) is 5.82 Å². The van der Waals surface area contributed by atoms with E-state index in [1.807, 2.05) is 31.2 Å². The zero-order valence-corrected chi connectivity index (χ0v) is 9.72. The number of tetrazole rings is 1. The topological polar surface area (TPSA) is 69.6 Å². The van der Waals surface area contributed by atoms with Gasteiger partial charge in [0, 0.05) is 4.47 Å². The molecule has 0 aliphatic heterocycles. The Labute approximate surface area is 95.4 Å². The van der Waals surface area contributed by atoms with E-state index in [0.29, 0.717) is 5.82 Å². The fourth-order valence-electron chi connectivity index (χ4n) is 1.24. The molecule has 1 heterocycles. The number of rotatable bonds is 2. The van der Waals surface area contributed by atoms with Crippen LogP contribution in [0.25, 0.3) is 5.69 Å². The Morgan fingerprint density at radius 3 is 2.60 bits per heavy atom. The monoisotopic (exact) mass is 267 g/mol. The van der Waals surface area contributed by atoms with Gasteiger partial charge in [-0.15, -0.1) is 5.10 Å². The molecule has 1 atom stereocenters. The van der Waals surface area contributed by atoms with Crippen LogP contribution < -0.4 is 5.73 Å². The third-order valence-electron chi connectivity index (χ3n) is 1.97. The second kappa shape index (κ2) is 4.08. The fraction of sp³-hybridized carbons (Fsp3) is 0.222. The molecule has 0 radical (unpaired) electrons. The molecule has 78 valence electrons. The van der Waals surface area contributed by atoms with Crippen LogP contribution in [0.1, 0.15) is 18.8 Å². The van der Waals surface area contributed by atoms with E-state index in [1.165, 1.54) is 0 Å². The highest BCUT2D eigenvalue weighted by Gasteiger charge is 2.11. The first-order valence-electron chi connectivity index (χ1n) is 4.48. The molecule has 0 saturated carbocycles. The average molecular weight is 268 g/mol. The second-order valence-electron chi connectivity index (χ2n) is 3.21. The number of aromatic nitrogens is 4. The van der Waals surface area contributed by atoms with Gasteiger partial charge in [0.25, 0.3) is 0 Å². The molecule has 15 heavy (non-hydrogen) atoms. The third kappa shape index (κ3) is 2.05. The molecular weight excluding hydrogens is 258 g/mol. The van der Waals surface area contributed by atoms with Gasteiger partial charge in [-0.25, -0.2) is 0 Å². The zero-order valence-electron chi connectivity index (χ0n) is 8.13. The smallest absolute Gasteiger partial charge is 0.173 e. The summed E-state index contributed by atoms with van der Waals surface area (Å²) in [5.74, 6) is 0.650. The van der Waals surface area contributed by atoms with E-state index in [1.54, 1.807) is 4.68 Å². The number of benzene rings is 1. The van der Waals surface area contributed by atoms with E-state index in [9.17, 15) is 0 Å². The maximum Gasteiger partial charge on any atom is 0.173 e. The van der Waals surface area contributed by atoms with Gasteiger partial charge >= 0.3 is 0 Å². The maximum absolute atomic E-state index is 5.75. The lowest BCUT2D eigenvalue weighted by Crippen LogP contribution is -2.13. The Bertz CT molecular complexity index is 448. The van der Waals surface area contributed by atoms with Crippen molar-refractivity contribution in [1.29, 1.82) is 0 Å². The Balaban J connectivity index is 2.45. The van der Waals surface area contributed by atoms with Gasteiger partial charge in [0.1, 0.15) is 0 Å². The molecule has 0 aliphatic rings. The van der Waals surface area contributed by atoms with Crippen molar-refractivity contribution >= 4 is 15.9 Å². The molecule has 2 aromatic rings. The summed E-state index contributed by atoms with van der Waals surface area (Å²) >= 11 is 3.37. The molecule has 0 bridgehead atoms. The van der Waals surface area contributed by atoms with E-state index in [-0.39, 0.29) is 6.04 Å². The molecule has 1 aromatic carbocycles. The Morgan fingerprint density at radius 2 is 2.00 bits per heavy atom. The molecule has 0 saturated heterocycles.